The van der Waals surface area contributed by atoms with E-state index < -0.39 is 12.8 Å². The molecule has 0 unspecified atom stereocenters. The Balaban J connectivity index is 2.29. The van der Waals surface area contributed by atoms with Crippen LogP contribution in [0, 0.1) is 0 Å². The van der Waals surface area contributed by atoms with Crippen molar-refractivity contribution >= 4 is 44.8 Å². The number of ether oxygens (including phenoxy) is 1. The molecule has 0 bridgehead atoms. The fraction of sp³-hybridized carbons (Fsp3) is 0.455. The van der Waals surface area contributed by atoms with Crippen molar-refractivity contribution in [2.75, 3.05) is 25.1 Å². The summed E-state index contributed by atoms with van der Waals surface area (Å²) in [5.74, 6) is 0. The van der Waals surface area contributed by atoms with Gasteiger partial charge in [-0.1, -0.05) is 23.2 Å². The number of alkyl halides is 3. The highest BCUT2D eigenvalue weighted by Crippen LogP contribution is 2.35. The van der Waals surface area contributed by atoms with Gasteiger partial charge in [0.2, 0.25) is 0 Å². The molecule has 0 fully saturated rings. The van der Waals surface area contributed by atoms with Gasteiger partial charge in [-0.25, -0.2) is 0 Å². The van der Waals surface area contributed by atoms with E-state index in [9.17, 15) is 13.2 Å². The molecular weight excluding hydrogens is 370 g/mol. The van der Waals surface area contributed by atoms with Crippen molar-refractivity contribution < 1.29 is 17.9 Å². The lowest BCUT2D eigenvalue weighted by atomic mass is 10.3. The quantitative estimate of drug-likeness (QED) is 0.545. The number of halogens is 6. The molecule has 0 aliphatic heterocycles. The molecule has 0 amide bonds. The van der Waals surface area contributed by atoms with Crippen molar-refractivity contribution in [2.24, 2.45) is 0 Å². The second-order valence-corrected chi connectivity index (χ2v) is 5.28. The third kappa shape index (κ3) is 6.21. The topological polar surface area (TPSA) is 21.3 Å². The van der Waals surface area contributed by atoms with Gasteiger partial charge in [0.15, 0.2) is 0 Å². The van der Waals surface area contributed by atoms with Crippen molar-refractivity contribution in [3.63, 3.8) is 0 Å². The van der Waals surface area contributed by atoms with Gasteiger partial charge < -0.3 is 10.1 Å². The Bertz CT molecular complexity index is 429. The minimum Gasteiger partial charge on any atom is -0.384 e. The van der Waals surface area contributed by atoms with Gasteiger partial charge in [-0.3, -0.25) is 0 Å². The number of nitrogens with one attached hydrogen (secondary N) is 1. The minimum absolute atomic E-state index is 0.0222. The highest BCUT2D eigenvalue weighted by atomic mass is 79.9. The molecule has 108 valence electrons. The lowest BCUT2D eigenvalue weighted by Crippen LogP contribution is -2.18. The van der Waals surface area contributed by atoms with Gasteiger partial charge in [-0.2, -0.15) is 13.2 Å². The predicted molar refractivity (Wildman–Crippen MR) is 74.1 cm³/mol. The van der Waals surface area contributed by atoms with Gasteiger partial charge in [0.1, 0.15) is 6.61 Å². The van der Waals surface area contributed by atoms with Gasteiger partial charge in [0.25, 0.3) is 0 Å². The van der Waals surface area contributed by atoms with Crippen LogP contribution < -0.4 is 5.32 Å². The van der Waals surface area contributed by atoms with Gasteiger partial charge in [0.05, 0.1) is 15.7 Å². The maximum atomic E-state index is 11.8. The summed E-state index contributed by atoms with van der Waals surface area (Å²) in [7, 11) is 0. The fourth-order valence-electron chi connectivity index (χ4n) is 1.25. The monoisotopic (exact) mass is 379 g/mol. The third-order valence-corrected chi connectivity index (χ3v) is 3.85. The van der Waals surface area contributed by atoms with Crippen LogP contribution in [0.4, 0.5) is 18.9 Å². The predicted octanol–water partition coefficient (Wildman–Crippen LogP) is 5.14. The molecule has 0 saturated carbocycles. The molecule has 0 radical (unpaired) electrons. The number of rotatable bonds is 6. The first-order chi connectivity index (χ1) is 8.81. The standard InChI is InChI=1S/C11H11BrCl2F3NO/c12-7-2-3-8(10(14)9(7)13)18-4-1-5-19-6-11(15,16)17/h2-3,18H,1,4-6H2. The van der Waals surface area contributed by atoms with Crippen LogP contribution in [0.5, 0.6) is 0 Å². The largest absolute Gasteiger partial charge is 0.411 e. The van der Waals surface area contributed by atoms with Crippen LogP contribution in [0.1, 0.15) is 6.42 Å². The molecule has 2 nitrogen and oxygen atoms in total. The van der Waals surface area contributed by atoms with Crippen LogP contribution in [-0.4, -0.2) is 25.9 Å². The van der Waals surface area contributed by atoms with E-state index in [1.807, 2.05) is 0 Å². The second-order valence-electron chi connectivity index (χ2n) is 3.67. The summed E-state index contributed by atoms with van der Waals surface area (Å²) < 4.78 is 40.5. The van der Waals surface area contributed by atoms with Crippen LogP contribution in [0.3, 0.4) is 0 Å². The van der Waals surface area contributed by atoms with Crippen LogP contribution in [0.2, 0.25) is 10.0 Å². The Kier molecular flexibility index (Phi) is 6.73. The smallest absolute Gasteiger partial charge is 0.384 e. The Hall–Kier alpha value is -0.170. The van der Waals surface area contributed by atoms with Crippen LogP contribution >= 0.6 is 39.1 Å². The average molecular weight is 381 g/mol. The number of anilines is 1. The summed E-state index contributed by atoms with van der Waals surface area (Å²) in [4.78, 5) is 0. The molecule has 0 aliphatic rings. The number of hydrogen-bond acceptors (Lipinski definition) is 2. The summed E-state index contributed by atoms with van der Waals surface area (Å²) in [6.45, 7) is -0.762. The highest BCUT2D eigenvalue weighted by Gasteiger charge is 2.27. The molecule has 0 spiro atoms. The van der Waals surface area contributed by atoms with E-state index in [1.54, 1.807) is 12.1 Å². The van der Waals surface area contributed by atoms with E-state index >= 15 is 0 Å². The molecule has 0 saturated heterocycles. The Morgan fingerprint density at radius 3 is 2.53 bits per heavy atom. The SMILES string of the molecule is FC(F)(F)COCCCNc1ccc(Br)c(Cl)c1Cl. The minimum atomic E-state index is -4.28. The van der Waals surface area contributed by atoms with E-state index in [4.69, 9.17) is 23.2 Å². The van der Waals surface area contributed by atoms with Crippen molar-refractivity contribution in [1.29, 1.82) is 0 Å². The molecule has 0 atom stereocenters. The number of hydrogen-bond donors (Lipinski definition) is 1. The van der Waals surface area contributed by atoms with Crippen molar-refractivity contribution in [3.8, 4) is 0 Å². The maximum absolute atomic E-state index is 11.8. The van der Waals surface area contributed by atoms with E-state index in [2.05, 4.69) is 26.0 Å². The van der Waals surface area contributed by atoms with Crippen LogP contribution in [0.15, 0.2) is 16.6 Å². The Labute approximate surface area is 127 Å². The molecule has 1 rings (SSSR count). The van der Waals surface area contributed by atoms with E-state index in [0.29, 0.717) is 33.2 Å². The molecule has 1 aromatic carbocycles. The van der Waals surface area contributed by atoms with Crippen molar-refractivity contribution in [1.82, 2.24) is 0 Å². The van der Waals surface area contributed by atoms with Crippen molar-refractivity contribution in [3.05, 3.63) is 26.7 Å². The van der Waals surface area contributed by atoms with Gasteiger partial charge in [-0.05, 0) is 34.5 Å². The molecule has 1 N–H and O–H groups in total. The van der Waals surface area contributed by atoms with Crippen LogP contribution in [0.25, 0.3) is 0 Å². The average Bonchev–Trinajstić information content (AvgIpc) is 2.32. The molecular formula is C11H11BrCl2F3NO. The summed E-state index contributed by atoms with van der Waals surface area (Å²) in [6, 6.07) is 3.46. The van der Waals surface area contributed by atoms with Gasteiger partial charge in [-0.15, -0.1) is 0 Å². The zero-order chi connectivity index (χ0) is 14.5. The lowest BCUT2D eigenvalue weighted by Gasteiger charge is -2.11. The zero-order valence-corrected chi connectivity index (χ0v) is 12.8. The molecule has 19 heavy (non-hydrogen) atoms. The zero-order valence-electron chi connectivity index (χ0n) is 9.66. The normalized spacial score (nSPS) is 11.7. The fourth-order valence-corrected chi connectivity index (χ4v) is 2.09. The molecule has 1 aromatic rings. The first-order valence-corrected chi connectivity index (χ1v) is 6.88. The lowest BCUT2D eigenvalue weighted by molar-refractivity contribution is -0.173. The van der Waals surface area contributed by atoms with Crippen molar-refractivity contribution in [2.45, 2.75) is 12.6 Å². The first-order valence-electron chi connectivity index (χ1n) is 5.33. The molecule has 0 aliphatic carbocycles. The summed E-state index contributed by atoms with van der Waals surface area (Å²) >= 11 is 15.2. The van der Waals surface area contributed by atoms with E-state index in [0.717, 1.165) is 0 Å². The second kappa shape index (κ2) is 7.57. The molecule has 0 aromatic heterocycles. The summed E-state index contributed by atoms with van der Waals surface area (Å²) in [5.41, 5.74) is 0.630. The van der Waals surface area contributed by atoms with Gasteiger partial charge >= 0.3 is 6.18 Å². The molecule has 0 heterocycles. The van der Waals surface area contributed by atoms with Gasteiger partial charge in [0, 0.05) is 17.6 Å². The first kappa shape index (κ1) is 16.9. The molecule has 8 heteroatoms. The Morgan fingerprint density at radius 1 is 1.21 bits per heavy atom. The third-order valence-electron chi connectivity index (χ3n) is 2.08. The Morgan fingerprint density at radius 2 is 1.89 bits per heavy atom. The van der Waals surface area contributed by atoms with E-state index in [-0.39, 0.29) is 6.61 Å². The maximum Gasteiger partial charge on any atom is 0.411 e. The summed E-state index contributed by atoms with van der Waals surface area (Å²) in [5, 5.41) is 3.74. The van der Waals surface area contributed by atoms with Crippen LogP contribution in [-0.2, 0) is 4.74 Å². The summed E-state index contributed by atoms with van der Waals surface area (Å²) in [6.07, 6.45) is -3.85. The highest BCUT2D eigenvalue weighted by molar-refractivity contribution is 9.10. The number of benzene rings is 1. The van der Waals surface area contributed by atoms with E-state index in [1.165, 1.54) is 0 Å².